The number of hydrogen-bond donors (Lipinski definition) is 1. The summed E-state index contributed by atoms with van der Waals surface area (Å²) in [5.74, 6) is 1.55. The number of halogens is 1. The topological polar surface area (TPSA) is 15.3 Å². The van der Waals surface area contributed by atoms with Gasteiger partial charge in [0.25, 0.3) is 0 Å². The Morgan fingerprint density at radius 3 is 2.46 bits per heavy atom. The lowest BCUT2D eigenvalue weighted by molar-refractivity contribution is 0.301. The monoisotopic (exact) mass is 328 g/mol. The highest BCUT2D eigenvalue weighted by Crippen LogP contribution is 2.43. The Kier molecular flexibility index (Phi) is 4.26. The van der Waals surface area contributed by atoms with Crippen molar-refractivity contribution in [3.05, 3.63) is 41.2 Å². The van der Waals surface area contributed by atoms with Crippen LogP contribution >= 0.6 is 0 Å². The quantitative estimate of drug-likeness (QED) is 0.904. The molecule has 3 aliphatic rings. The van der Waals surface area contributed by atoms with Crippen LogP contribution in [-0.4, -0.2) is 37.6 Å². The van der Waals surface area contributed by atoms with Crippen molar-refractivity contribution in [2.24, 2.45) is 17.3 Å². The average Bonchev–Trinajstić information content (AvgIpc) is 3.11. The summed E-state index contributed by atoms with van der Waals surface area (Å²) in [6.45, 7) is 10.7. The molecule has 1 aromatic rings. The van der Waals surface area contributed by atoms with E-state index in [0.717, 1.165) is 24.8 Å². The Morgan fingerprint density at radius 2 is 1.79 bits per heavy atom. The lowest BCUT2D eigenvalue weighted by Crippen LogP contribution is -2.30. The Labute approximate surface area is 145 Å². The maximum atomic E-state index is 13.3. The number of fused-ring (bicyclic) bond motifs is 1. The first-order valence-electron chi connectivity index (χ1n) is 9.40. The van der Waals surface area contributed by atoms with Gasteiger partial charge in [-0.2, -0.15) is 0 Å². The van der Waals surface area contributed by atoms with E-state index >= 15 is 0 Å². The van der Waals surface area contributed by atoms with Crippen LogP contribution in [-0.2, 0) is 0 Å². The fraction of sp³-hybridized carbons (Fsp3) is 0.619. The fourth-order valence-electron chi connectivity index (χ4n) is 4.82. The van der Waals surface area contributed by atoms with Crippen molar-refractivity contribution in [2.45, 2.75) is 33.1 Å². The largest absolute Gasteiger partial charge is 0.316 e. The molecule has 0 bridgehead atoms. The molecule has 2 unspecified atom stereocenters. The Hall–Kier alpha value is -1.19. The van der Waals surface area contributed by atoms with Crippen LogP contribution in [0.2, 0.25) is 0 Å². The molecule has 1 aliphatic carbocycles. The zero-order valence-corrected chi connectivity index (χ0v) is 14.9. The minimum atomic E-state index is -0.143. The van der Waals surface area contributed by atoms with E-state index < -0.39 is 0 Å². The summed E-state index contributed by atoms with van der Waals surface area (Å²) in [4.78, 5) is 2.66. The van der Waals surface area contributed by atoms with E-state index in [4.69, 9.17) is 0 Å². The van der Waals surface area contributed by atoms with Crippen molar-refractivity contribution >= 4 is 5.57 Å². The highest BCUT2D eigenvalue weighted by Gasteiger charge is 2.37. The van der Waals surface area contributed by atoms with Gasteiger partial charge in [0.2, 0.25) is 0 Å². The van der Waals surface area contributed by atoms with Crippen LogP contribution in [0, 0.1) is 23.1 Å². The van der Waals surface area contributed by atoms with Gasteiger partial charge in [0.15, 0.2) is 0 Å². The van der Waals surface area contributed by atoms with Crippen molar-refractivity contribution in [1.82, 2.24) is 10.2 Å². The van der Waals surface area contributed by atoms with Gasteiger partial charge in [-0.05, 0) is 72.9 Å². The van der Waals surface area contributed by atoms with Gasteiger partial charge >= 0.3 is 0 Å². The second kappa shape index (κ2) is 6.27. The molecular formula is C21H29FN2. The number of rotatable bonds is 3. The molecule has 2 fully saturated rings. The van der Waals surface area contributed by atoms with Crippen molar-refractivity contribution in [2.75, 3.05) is 32.7 Å². The number of benzene rings is 1. The Bertz CT molecular complexity index is 620. The molecule has 2 atom stereocenters. The first kappa shape index (κ1) is 16.3. The molecule has 130 valence electrons. The summed E-state index contributed by atoms with van der Waals surface area (Å²) in [7, 11) is 0. The molecule has 1 aromatic carbocycles. The normalized spacial score (nSPS) is 30.0. The molecule has 2 nitrogen and oxygen atoms in total. The van der Waals surface area contributed by atoms with E-state index in [2.05, 4.69) is 24.1 Å². The van der Waals surface area contributed by atoms with Crippen molar-refractivity contribution in [1.29, 1.82) is 0 Å². The van der Waals surface area contributed by atoms with Gasteiger partial charge in [0.1, 0.15) is 5.82 Å². The fourth-order valence-corrected chi connectivity index (χ4v) is 4.82. The van der Waals surface area contributed by atoms with E-state index in [1.165, 1.54) is 50.2 Å². The summed E-state index contributed by atoms with van der Waals surface area (Å²) in [5, 5.41) is 3.52. The minimum Gasteiger partial charge on any atom is -0.316 e. The number of hydrogen-bond acceptors (Lipinski definition) is 2. The smallest absolute Gasteiger partial charge is 0.123 e. The third kappa shape index (κ3) is 3.29. The summed E-state index contributed by atoms with van der Waals surface area (Å²) >= 11 is 0. The SMILES string of the molecule is CC1(C)CCC(CN2CC3CNCC3C2)=C(c2ccc(F)cc2)C1. The van der Waals surface area contributed by atoms with E-state index in [1.54, 1.807) is 17.7 Å². The molecule has 3 heteroatoms. The predicted octanol–water partition coefficient (Wildman–Crippen LogP) is 3.94. The van der Waals surface area contributed by atoms with Crippen molar-refractivity contribution < 1.29 is 4.39 Å². The molecule has 2 saturated heterocycles. The van der Waals surface area contributed by atoms with E-state index in [1.807, 2.05) is 12.1 Å². The summed E-state index contributed by atoms with van der Waals surface area (Å²) in [5.41, 5.74) is 4.63. The van der Waals surface area contributed by atoms with Gasteiger partial charge in [-0.1, -0.05) is 31.6 Å². The van der Waals surface area contributed by atoms with Crippen LogP contribution < -0.4 is 5.32 Å². The molecule has 2 aliphatic heterocycles. The highest BCUT2D eigenvalue weighted by molar-refractivity contribution is 5.70. The van der Waals surface area contributed by atoms with Crippen molar-refractivity contribution in [3.63, 3.8) is 0 Å². The second-order valence-electron chi connectivity index (χ2n) is 8.80. The first-order chi connectivity index (χ1) is 11.5. The van der Waals surface area contributed by atoms with Gasteiger partial charge in [-0.25, -0.2) is 4.39 Å². The zero-order valence-electron chi connectivity index (χ0n) is 14.9. The summed E-state index contributed by atoms with van der Waals surface area (Å²) < 4.78 is 13.3. The van der Waals surface area contributed by atoms with Gasteiger partial charge in [0.05, 0.1) is 0 Å². The van der Waals surface area contributed by atoms with Crippen LogP contribution in [0.1, 0.15) is 38.7 Å². The molecule has 0 amide bonds. The standard InChI is InChI=1S/C21H29FN2/c1-21(2)8-7-16(12-24-13-17-10-23-11-18(17)14-24)20(9-21)15-3-5-19(22)6-4-15/h3-6,17-18,23H,7-14H2,1-2H3. The predicted molar refractivity (Wildman–Crippen MR) is 97.2 cm³/mol. The minimum absolute atomic E-state index is 0.143. The number of nitrogens with zero attached hydrogens (tertiary/aromatic N) is 1. The number of nitrogens with one attached hydrogen (secondary N) is 1. The first-order valence-corrected chi connectivity index (χ1v) is 9.40. The van der Waals surface area contributed by atoms with Crippen LogP contribution in [0.3, 0.4) is 0 Å². The molecule has 0 saturated carbocycles. The van der Waals surface area contributed by atoms with E-state index in [9.17, 15) is 4.39 Å². The van der Waals surface area contributed by atoms with Crippen LogP contribution in [0.25, 0.3) is 5.57 Å². The van der Waals surface area contributed by atoms with Gasteiger partial charge in [-0.15, -0.1) is 0 Å². The van der Waals surface area contributed by atoms with E-state index in [-0.39, 0.29) is 5.82 Å². The maximum absolute atomic E-state index is 13.3. The molecule has 4 rings (SSSR count). The van der Waals surface area contributed by atoms with Crippen LogP contribution in [0.5, 0.6) is 0 Å². The summed E-state index contributed by atoms with van der Waals surface area (Å²) in [6, 6.07) is 7.14. The van der Waals surface area contributed by atoms with Gasteiger partial charge < -0.3 is 5.32 Å². The van der Waals surface area contributed by atoms with E-state index in [0.29, 0.717) is 5.41 Å². The Morgan fingerprint density at radius 1 is 1.12 bits per heavy atom. The third-order valence-corrected chi connectivity index (χ3v) is 6.26. The van der Waals surface area contributed by atoms with Crippen LogP contribution in [0.15, 0.2) is 29.8 Å². The Balaban J connectivity index is 1.58. The van der Waals surface area contributed by atoms with Gasteiger partial charge in [-0.3, -0.25) is 4.90 Å². The van der Waals surface area contributed by atoms with Gasteiger partial charge in [0, 0.05) is 19.6 Å². The van der Waals surface area contributed by atoms with Crippen LogP contribution in [0.4, 0.5) is 4.39 Å². The summed E-state index contributed by atoms with van der Waals surface area (Å²) in [6.07, 6.45) is 3.55. The molecule has 2 heterocycles. The maximum Gasteiger partial charge on any atom is 0.123 e. The average molecular weight is 328 g/mol. The lowest BCUT2D eigenvalue weighted by atomic mass is 9.72. The lowest BCUT2D eigenvalue weighted by Gasteiger charge is -2.35. The van der Waals surface area contributed by atoms with Crippen molar-refractivity contribution in [3.8, 4) is 0 Å². The molecule has 0 spiro atoms. The number of likely N-dealkylation sites (tertiary alicyclic amines) is 1. The molecular weight excluding hydrogens is 299 g/mol. The molecule has 1 N–H and O–H groups in total. The second-order valence-corrected chi connectivity index (χ2v) is 8.80. The third-order valence-electron chi connectivity index (χ3n) is 6.26. The zero-order chi connectivity index (χ0) is 16.7. The highest BCUT2D eigenvalue weighted by atomic mass is 19.1. The molecule has 0 aromatic heterocycles. The molecule has 24 heavy (non-hydrogen) atoms. The molecule has 0 radical (unpaired) electrons. The number of allylic oxidation sites excluding steroid dienone is 1.